The molecule has 0 aromatic heterocycles. The summed E-state index contributed by atoms with van der Waals surface area (Å²) in [6, 6.07) is 5.34. The molecule has 0 spiro atoms. The number of nitrogens with zero attached hydrogens (tertiary/aromatic N) is 1. The van der Waals surface area contributed by atoms with E-state index in [-0.39, 0.29) is 17.9 Å². The Morgan fingerprint density at radius 2 is 1.75 bits per heavy atom. The first kappa shape index (κ1) is 25.0. The van der Waals surface area contributed by atoms with Crippen LogP contribution in [-0.4, -0.2) is 61.9 Å². The fourth-order valence-electron chi connectivity index (χ4n) is 3.11. The standard InChI is InChI=1S/C23H32N2O7/c1-15-13-16(24-18(21(27)30-6)14-20(26)29-5)7-8-19(15)31-17-9-11-25(12-10-17)22(28)32-23(2,3)4/h7-8,13-14,17,24H,9-12H2,1-6H3/b18-14+. The molecule has 0 saturated carbocycles. The molecule has 1 aromatic rings. The van der Waals surface area contributed by atoms with Gasteiger partial charge in [-0.05, 0) is 51.5 Å². The number of carbonyl (C=O) groups excluding carboxylic acids is 3. The number of anilines is 1. The van der Waals surface area contributed by atoms with Gasteiger partial charge in [-0.3, -0.25) is 0 Å². The maximum absolute atomic E-state index is 12.2. The highest BCUT2D eigenvalue weighted by atomic mass is 16.6. The van der Waals surface area contributed by atoms with Crippen LogP contribution < -0.4 is 10.1 Å². The van der Waals surface area contributed by atoms with Gasteiger partial charge in [0, 0.05) is 31.6 Å². The Kier molecular flexibility index (Phi) is 8.51. The van der Waals surface area contributed by atoms with Gasteiger partial charge in [-0.15, -0.1) is 0 Å². The number of piperidine rings is 1. The van der Waals surface area contributed by atoms with E-state index in [9.17, 15) is 14.4 Å². The van der Waals surface area contributed by atoms with Gasteiger partial charge in [0.05, 0.1) is 20.3 Å². The van der Waals surface area contributed by atoms with Crippen LogP contribution in [0.1, 0.15) is 39.2 Å². The predicted octanol–water partition coefficient (Wildman–Crippen LogP) is 3.42. The van der Waals surface area contributed by atoms with Crippen molar-refractivity contribution in [3.8, 4) is 5.75 Å². The first-order valence-corrected chi connectivity index (χ1v) is 10.4. The van der Waals surface area contributed by atoms with E-state index in [1.807, 2.05) is 27.7 Å². The number of ether oxygens (including phenoxy) is 4. The van der Waals surface area contributed by atoms with E-state index < -0.39 is 17.5 Å². The zero-order valence-corrected chi connectivity index (χ0v) is 19.5. The van der Waals surface area contributed by atoms with Crippen LogP contribution in [0.4, 0.5) is 10.5 Å². The normalized spacial score (nSPS) is 15.1. The molecule has 9 nitrogen and oxygen atoms in total. The van der Waals surface area contributed by atoms with Gasteiger partial charge in [-0.25, -0.2) is 14.4 Å². The number of benzene rings is 1. The molecule has 32 heavy (non-hydrogen) atoms. The van der Waals surface area contributed by atoms with Gasteiger partial charge < -0.3 is 29.2 Å². The monoisotopic (exact) mass is 448 g/mol. The molecule has 0 bridgehead atoms. The molecule has 1 fully saturated rings. The van der Waals surface area contributed by atoms with Gasteiger partial charge in [0.25, 0.3) is 0 Å². The third kappa shape index (κ3) is 7.47. The molecule has 1 aromatic carbocycles. The summed E-state index contributed by atoms with van der Waals surface area (Å²) in [5.74, 6) is -0.653. The Hall–Kier alpha value is -3.23. The first-order valence-electron chi connectivity index (χ1n) is 10.4. The zero-order chi connectivity index (χ0) is 23.9. The molecular formula is C23H32N2O7. The molecule has 0 atom stereocenters. The van der Waals surface area contributed by atoms with Crippen LogP contribution in [0.15, 0.2) is 30.0 Å². The third-order valence-electron chi connectivity index (χ3n) is 4.71. The van der Waals surface area contributed by atoms with Crippen molar-refractivity contribution in [1.29, 1.82) is 0 Å². The number of rotatable bonds is 6. The predicted molar refractivity (Wildman–Crippen MR) is 118 cm³/mol. The average molecular weight is 449 g/mol. The molecule has 0 aliphatic carbocycles. The van der Waals surface area contributed by atoms with E-state index in [2.05, 4.69) is 10.1 Å². The maximum Gasteiger partial charge on any atom is 0.410 e. The van der Waals surface area contributed by atoms with Gasteiger partial charge in [-0.2, -0.15) is 0 Å². The van der Waals surface area contributed by atoms with Crippen molar-refractivity contribution < 1.29 is 33.3 Å². The van der Waals surface area contributed by atoms with Crippen LogP contribution >= 0.6 is 0 Å². The molecule has 176 valence electrons. The van der Waals surface area contributed by atoms with Gasteiger partial charge >= 0.3 is 18.0 Å². The highest BCUT2D eigenvalue weighted by molar-refractivity contribution is 5.98. The highest BCUT2D eigenvalue weighted by Gasteiger charge is 2.28. The smallest absolute Gasteiger partial charge is 0.410 e. The molecule has 1 N–H and O–H groups in total. The molecule has 1 amide bonds. The molecular weight excluding hydrogens is 416 g/mol. The maximum atomic E-state index is 12.2. The number of esters is 2. The van der Waals surface area contributed by atoms with Crippen LogP contribution in [0.5, 0.6) is 5.75 Å². The van der Waals surface area contributed by atoms with Crippen LogP contribution in [0.2, 0.25) is 0 Å². The number of hydrogen-bond acceptors (Lipinski definition) is 8. The summed E-state index contributed by atoms with van der Waals surface area (Å²) < 4.78 is 20.8. The molecule has 2 rings (SSSR count). The van der Waals surface area contributed by atoms with Crippen LogP contribution in [0, 0.1) is 6.92 Å². The number of carbonyl (C=O) groups is 3. The second-order valence-electron chi connectivity index (χ2n) is 8.46. The summed E-state index contributed by atoms with van der Waals surface area (Å²) in [6.45, 7) is 8.57. The van der Waals surface area contributed by atoms with Crippen LogP contribution in [0.3, 0.4) is 0 Å². The number of aryl methyl sites for hydroxylation is 1. The van der Waals surface area contributed by atoms with Gasteiger partial charge in [0.2, 0.25) is 0 Å². The first-order chi connectivity index (χ1) is 15.0. The molecule has 1 aliphatic heterocycles. The summed E-state index contributed by atoms with van der Waals surface area (Å²) in [6.07, 6.45) is 2.12. The summed E-state index contributed by atoms with van der Waals surface area (Å²) in [4.78, 5) is 37.3. The SMILES string of the molecule is COC(=O)/C=C(/Nc1ccc(OC2CCN(C(=O)OC(C)(C)C)CC2)c(C)c1)C(=O)OC. The van der Waals surface area contributed by atoms with Crippen molar-refractivity contribution >= 4 is 23.7 Å². The number of amides is 1. The number of hydrogen-bond donors (Lipinski definition) is 1. The minimum atomic E-state index is -0.690. The Morgan fingerprint density at radius 1 is 1.09 bits per heavy atom. The second kappa shape index (κ2) is 10.9. The van der Waals surface area contributed by atoms with Crippen molar-refractivity contribution in [2.45, 2.75) is 52.2 Å². The summed E-state index contributed by atoms with van der Waals surface area (Å²) >= 11 is 0. The van der Waals surface area contributed by atoms with Crippen molar-refractivity contribution in [1.82, 2.24) is 4.90 Å². The van der Waals surface area contributed by atoms with E-state index in [0.29, 0.717) is 37.4 Å². The average Bonchev–Trinajstić information content (AvgIpc) is 2.73. The lowest BCUT2D eigenvalue weighted by Crippen LogP contribution is -2.44. The van der Waals surface area contributed by atoms with E-state index in [4.69, 9.17) is 14.2 Å². The van der Waals surface area contributed by atoms with Crippen LogP contribution in [0.25, 0.3) is 0 Å². The highest BCUT2D eigenvalue weighted by Crippen LogP contribution is 2.26. The number of likely N-dealkylation sites (tertiary alicyclic amines) is 1. The van der Waals surface area contributed by atoms with Crippen molar-refractivity contribution in [2.75, 3.05) is 32.6 Å². The van der Waals surface area contributed by atoms with Crippen molar-refractivity contribution in [3.05, 3.63) is 35.5 Å². The molecule has 0 unspecified atom stereocenters. The number of nitrogens with one attached hydrogen (secondary N) is 1. The summed E-state index contributed by atoms with van der Waals surface area (Å²) in [5.41, 5.74) is 0.890. The van der Waals surface area contributed by atoms with Crippen molar-refractivity contribution in [2.24, 2.45) is 0 Å². The third-order valence-corrected chi connectivity index (χ3v) is 4.71. The molecule has 1 heterocycles. The quantitative estimate of drug-likeness (QED) is 0.401. The van der Waals surface area contributed by atoms with E-state index in [0.717, 1.165) is 11.6 Å². The molecule has 9 heteroatoms. The lowest BCUT2D eigenvalue weighted by molar-refractivity contribution is -0.138. The largest absolute Gasteiger partial charge is 0.490 e. The Morgan fingerprint density at radius 3 is 2.28 bits per heavy atom. The van der Waals surface area contributed by atoms with Gasteiger partial charge in [-0.1, -0.05) is 0 Å². The number of methoxy groups -OCH3 is 2. The zero-order valence-electron chi connectivity index (χ0n) is 19.5. The lowest BCUT2D eigenvalue weighted by atomic mass is 10.1. The minimum absolute atomic E-state index is 0.0175. The summed E-state index contributed by atoms with van der Waals surface area (Å²) in [5, 5.41) is 2.88. The van der Waals surface area contributed by atoms with Crippen molar-refractivity contribution in [3.63, 3.8) is 0 Å². The van der Waals surface area contributed by atoms with E-state index in [1.165, 1.54) is 14.2 Å². The Labute approximate surface area is 188 Å². The van der Waals surface area contributed by atoms with E-state index in [1.54, 1.807) is 23.1 Å². The fraction of sp³-hybridized carbons (Fsp3) is 0.522. The Balaban J connectivity index is 1.98. The molecule has 1 aliphatic rings. The van der Waals surface area contributed by atoms with Crippen LogP contribution in [-0.2, 0) is 23.8 Å². The molecule has 0 radical (unpaired) electrons. The minimum Gasteiger partial charge on any atom is -0.490 e. The second-order valence-corrected chi connectivity index (χ2v) is 8.46. The fourth-order valence-corrected chi connectivity index (χ4v) is 3.11. The molecule has 1 saturated heterocycles. The lowest BCUT2D eigenvalue weighted by Gasteiger charge is -2.33. The topological polar surface area (TPSA) is 103 Å². The van der Waals surface area contributed by atoms with E-state index >= 15 is 0 Å². The van der Waals surface area contributed by atoms with Gasteiger partial charge in [0.1, 0.15) is 23.2 Å². The summed E-state index contributed by atoms with van der Waals surface area (Å²) in [7, 11) is 2.45. The van der Waals surface area contributed by atoms with Gasteiger partial charge in [0.15, 0.2) is 0 Å². The Bertz CT molecular complexity index is 866.